The molecule has 4 rings (SSSR count). The van der Waals surface area contributed by atoms with Crippen molar-refractivity contribution in [1.29, 1.82) is 0 Å². The summed E-state index contributed by atoms with van der Waals surface area (Å²) in [5.41, 5.74) is 1.10. The number of hydrogen-bond acceptors (Lipinski definition) is 5. The molecule has 146 valence electrons. The van der Waals surface area contributed by atoms with Crippen LogP contribution in [0, 0.1) is 0 Å². The Morgan fingerprint density at radius 3 is 2.36 bits per heavy atom. The second-order valence-corrected chi connectivity index (χ2v) is 7.37. The van der Waals surface area contributed by atoms with Crippen molar-refractivity contribution in [1.82, 2.24) is 15.1 Å². The summed E-state index contributed by atoms with van der Waals surface area (Å²) in [4.78, 5) is 65.6. The lowest BCUT2D eigenvalue weighted by atomic mass is 9.93. The van der Waals surface area contributed by atoms with Crippen LogP contribution in [0.25, 0.3) is 0 Å². The van der Waals surface area contributed by atoms with Gasteiger partial charge in [0.2, 0.25) is 0 Å². The van der Waals surface area contributed by atoms with Crippen LogP contribution >= 0.6 is 0 Å². The topological polar surface area (TPSA) is 104 Å². The molecule has 1 saturated carbocycles. The number of nitrogens with one attached hydrogen (secondary N) is 1. The van der Waals surface area contributed by atoms with E-state index in [1.165, 1.54) is 6.07 Å². The smallest absolute Gasteiger partial charge is 0.275 e. The number of aryl methyl sites for hydroxylation is 1. The van der Waals surface area contributed by atoms with Gasteiger partial charge in [0.15, 0.2) is 6.04 Å². The molecule has 1 saturated heterocycles. The van der Waals surface area contributed by atoms with Crippen molar-refractivity contribution in [3.8, 4) is 0 Å². The molecule has 28 heavy (non-hydrogen) atoms. The maximum absolute atomic E-state index is 13.1. The quantitative estimate of drug-likeness (QED) is 0.631. The Morgan fingerprint density at radius 2 is 1.68 bits per heavy atom. The van der Waals surface area contributed by atoms with Gasteiger partial charge in [0.1, 0.15) is 0 Å². The summed E-state index contributed by atoms with van der Waals surface area (Å²) >= 11 is 0. The summed E-state index contributed by atoms with van der Waals surface area (Å²) in [6, 6.07) is 2.18. The predicted molar refractivity (Wildman–Crippen MR) is 97.4 cm³/mol. The number of imide groups is 3. The van der Waals surface area contributed by atoms with Crippen LogP contribution in [0.3, 0.4) is 0 Å². The van der Waals surface area contributed by atoms with Crippen molar-refractivity contribution < 1.29 is 24.0 Å². The van der Waals surface area contributed by atoms with Gasteiger partial charge in [0.05, 0.1) is 11.1 Å². The Labute approximate surface area is 161 Å². The minimum atomic E-state index is -1.66. The Balaban J connectivity index is 1.71. The summed E-state index contributed by atoms with van der Waals surface area (Å²) in [6.07, 6.45) is 4.64. The first-order valence-corrected chi connectivity index (χ1v) is 9.63. The van der Waals surface area contributed by atoms with E-state index in [0.717, 1.165) is 24.2 Å². The molecular weight excluding hydrogens is 362 g/mol. The van der Waals surface area contributed by atoms with E-state index in [1.807, 2.05) is 6.92 Å². The lowest BCUT2D eigenvalue weighted by molar-refractivity contribution is -0.144. The van der Waals surface area contributed by atoms with Gasteiger partial charge < -0.3 is 0 Å². The number of rotatable bonds is 3. The molecule has 1 aromatic rings. The Bertz CT molecular complexity index is 903. The lowest BCUT2D eigenvalue weighted by Crippen LogP contribution is -2.68. The van der Waals surface area contributed by atoms with E-state index in [4.69, 9.17) is 0 Å². The first-order chi connectivity index (χ1) is 13.5. The van der Waals surface area contributed by atoms with E-state index < -0.39 is 35.7 Å². The second-order valence-electron chi connectivity index (χ2n) is 7.37. The Hall–Kier alpha value is -3.03. The summed E-state index contributed by atoms with van der Waals surface area (Å²) in [7, 11) is 0. The van der Waals surface area contributed by atoms with E-state index in [1.54, 1.807) is 12.1 Å². The maximum atomic E-state index is 13.1. The van der Waals surface area contributed by atoms with Gasteiger partial charge in [-0.15, -0.1) is 0 Å². The molecule has 6 amide bonds. The third-order valence-electron chi connectivity index (χ3n) is 5.78. The third kappa shape index (κ3) is 2.63. The molecule has 0 aromatic heterocycles. The number of barbiturate groups is 1. The van der Waals surface area contributed by atoms with Gasteiger partial charge in [-0.3, -0.25) is 34.3 Å². The standard InChI is InChI=1S/C20H21N3O5/c1-2-11-7-6-10-13-14(11)18(26)23(17(13)25)15-16(24)21-20(28)22(19(15)27)12-8-4-3-5-9-12/h6-7,10,12,15H,2-5,8-9H2,1H3,(H,21,24,28). The van der Waals surface area contributed by atoms with Crippen molar-refractivity contribution in [2.75, 3.05) is 0 Å². The molecule has 8 heteroatoms. The second kappa shape index (κ2) is 6.85. The van der Waals surface area contributed by atoms with Gasteiger partial charge in [-0.2, -0.15) is 0 Å². The van der Waals surface area contributed by atoms with E-state index in [0.29, 0.717) is 29.7 Å². The molecule has 0 radical (unpaired) electrons. The normalized spacial score (nSPS) is 23.3. The molecule has 2 fully saturated rings. The molecule has 0 spiro atoms. The third-order valence-corrected chi connectivity index (χ3v) is 5.78. The first-order valence-electron chi connectivity index (χ1n) is 9.63. The van der Waals surface area contributed by atoms with E-state index in [-0.39, 0.29) is 17.2 Å². The monoisotopic (exact) mass is 383 g/mol. The largest absolute Gasteiger partial charge is 0.331 e. The fraction of sp³-hybridized carbons (Fsp3) is 0.450. The predicted octanol–water partition coefficient (Wildman–Crippen LogP) is 1.62. The molecule has 1 unspecified atom stereocenters. The average Bonchev–Trinajstić information content (AvgIpc) is 2.94. The van der Waals surface area contributed by atoms with Crippen LogP contribution in [0.5, 0.6) is 0 Å². The Morgan fingerprint density at radius 1 is 0.964 bits per heavy atom. The van der Waals surface area contributed by atoms with Gasteiger partial charge in [-0.25, -0.2) is 4.79 Å². The highest BCUT2D eigenvalue weighted by molar-refractivity contribution is 6.29. The van der Waals surface area contributed by atoms with Crippen molar-refractivity contribution >= 4 is 29.7 Å². The fourth-order valence-corrected chi connectivity index (χ4v) is 4.39. The highest BCUT2D eigenvalue weighted by Gasteiger charge is 2.53. The van der Waals surface area contributed by atoms with Crippen molar-refractivity contribution in [3.05, 3.63) is 34.9 Å². The maximum Gasteiger partial charge on any atom is 0.331 e. The SMILES string of the molecule is CCc1cccc2c1C(=O)N(C1C(=O)NC(=O)N(C3CCCCC3)C1=O)C2=O. The minimum absolute atomic E-state index is 0.186. The highest BCUT2D eigenvalue weighted by Crippen LogP contribution is 2.31. The molecule has 1 aromatic carbocycles. The minimum Gasteiger partial charge on any atom is -0.275 e. The Kier molecular flexibility index (Phi) is 4.49. The zero-order valence-corrected chi connectivity index (χ0v) is 15.6. The van der Waals surface area contributed by atoms with Gasteiger partial charge in [-0.05, 0) is 30.9 Å². The lowest BCUT2D eigenvalue weighted by Gasteiger charge is -2.39. The van der Waals surface area contributed by atoms with Crippen LogP contribution in [-0.4, -0.2) is 51.5 Å². The average molecular weight is 383 g/mol. The van der Waals surface area contributed by atoms with Gasteiger partial charge >= 0.3 is 6.03 Å². The summed E-state index contributed by atoms with van der Waals surface area (Å²) in [5, 5.41) is 2.16. The zero-order valence-electron chi connectivity index (χ0n) is 15.6. The van der Waals surface area contributed by atoms with Crippen LogP contribution in [0.2, 0.25) is 0 Å². The number of nitrogens with zero attached hydrogens (tertiary/aromatic N) is 2. The molecule has 2 heterocycles. The van der Waals surface area contributed by atoms with Gasteiger partial charge in [0, 0.05) is 6.04 Å². The van der Waals surface area contributed by atoms with E-state index in [2.05, 4.69) is 5.32 Å². The summed E-state index contributed by atoms with van der Waals surface area (Å²) in [6.45, 7) is 1.86. The number of urea groups is 1. The number of carbonyl (C=O) groups excluding carboxylic acids is 5. The number of amides is 6. The molecular formula is C20H21N3O5. The molecule has 2 aliphatic heterocycles. The van der Waals surface area contributed by atoms with E-state index in [9.17, 15) is 24.0 Å². The highest BCUT2D eigenvalue weighted by atomic mass is 16.2. The van der Waals surface area contributed by atoms with Crippen molar-refractivity contribution in [2.45, 2.75) is 57.5 Å². The molecule has 3 aliphatic rings. The van der Waals surface area contributed by atoms with Crippen LogP contribution in [0.4, 0.5) is 4.79 Å². The van der Waals surface area contributed by atoms with E-state index >= 15 is 0 Å². The molecule has 0 bridgehead atoms. The zero-order chi connectivity index (χ0) is 20.0. The molecule has 1 aliphatic carbocycles. The van der Waals surface area contributed by atoms with Gasteiger partial charge in [-0.1, -0.05) is 38.3 Å². The molecule has 1 N–H and O–H groups in total. The summed E-state index contributed by atoms with van der Waals surface area (Å²) in [5.74, 6) is -3.08. The number of carbonyl (C=O) groups is 5. The number of hydrogen-bond donors (Lipinski definition) is 1. The van der Waals surface area contributed by atoms with Gasteiger partial charge in [0.25, 0.3) is 23.6 Å². The molecule has 8 nitrogen and oxygen atoms in total. The van der Waals surface area contributed by atoms with Crippen LogP contribution < -0.4 is 5.32 Å². The van der Waals surface area contributed by atoms with Crippen molar-refractivity contribution in [3.63, 3.8) is 0 Å². The number of benzene rings is 1. The molecule has 1 atom stereocenters. The van der Waals surface area contributed by atoms with Crippen LogP contribution in [0.15, 0.2) is 18.2 Å². The van der Waals surface area contributed by atoms with Crippen molar-refractivity contribution in [2.24, 2.45) is 0 Å². The van der Waals surface area contributed by atoms with Crippen LogP contribution in [0.1, 0.15) is 65.3 Å². The number of fused-ring (bicyclic) bond motifs is 1. The van der Waals surface area contributed by atoms with Crippen LogP contribution in [-0.2, 0) is 16.0 Å². The first kappa shape index (κ1) is 18.3. The fourth-order valence-electron chi connectivity index (χ4n) is 4.39. The summed E-state index contributed by atoms with van der Waals surface area (Å²) < 4.78 is 0.